The number of nitrogens with zero attached hydrogens (tertiary/aromatic N) is 1. The average Bonchev–Trinajstić information content (AvgIpc) is 2.70. The summed E-state index contributed by atoms with van der Waals surface area (Å²) >= 11 is 0. The van der Waals surface area contributed by atoms with Crippen molar-refractivity contribution >= 4 is 34.6 Å². The van der Waals surface area contributed by atoms with Gasteiger partial charge in [-0.05, 0) is 74.7 Å². The Morgan fingerprint density at radius 3 is 1.93 bits per heavy atom. The van der Waals surface area contributed by atoms with Crippen LogP contribution in [0.15, 0.2) is 48.5 Å². The molecule has 1 heterocycles. The number of carbonyl (C=O) groups excluding carboxylic acids is 2. The minimum atomic E-state index is -0.379. The van der Waals surface area contributed by atoms with Crippen LogP contribution in [0.1, 0.15) is 33.1 Å². The predicted molar refractivity (Wildman–Crippen MR) is 115 cm³/mol. The number of hydrogen-bond acceptors (Lipinski definition) is 4. The van der Waals surface area contributed by atoms with Crippen LogP contribution in [0.3, 0.4) is 0 Å². The molecule has 28 heavy (non-hydrogen) atoms. The quantitative estimate of drug-likeness (QED) is 0.706. The highest BCUT2D eigenvalue weighted by molar-refractivity contribution is 5.96. The van der Waals surface area contributed by atoms with Crippen molar-refractivity contribution < 1.29 is 9.59 Å². The van der Waals surface area contributed by atoms with Crippen molar-refractivity contribution in [1.82, 2.24) is 0 Å². The Morgan fingerprint density at radius 2 is 1.36 bits per heavy atom. The lowest BCUT2D eigenvalue weighted by Crippen LogP contribution is -2.32. The van der Waals surface area contributed by atoms with Gasteiger partial charge in [0, 0.05) is 42.8 Å². The molecule has 1 aliphatic rings. The number of hydrogen-bond donors (Lipinski definition) is 3. The Labute approximate surface area is 166 Å². The molecule has 6 heteroatoms. The lowest BCUT2D eigenvalue weighted by atomic mass is 10.1. The molecule has 1 saturated heterocycles. The monoisotopic (exact) mass is 380 g/mol. The number of nitrogens with one attached hydrogen (secondary N) is 3. The average molecular weight is 380 g/mol. The van der Waals surface area contributed by atoms with Crippen molar-refractivity contribution in [2.24, 2.45) is 0 Å². The van der Waals surface area contributed by atoms with Crippen LogP contribution in [0.5, 0.6) is 0 Å². The number of amides is 2. The van der Waals surface area contributed by atoms with Gasteiger partial charge in [0.15, 0.2) is 0 Å². The van der Waals surface area contributed by atoms with Gasteiger partial charge in [0.2, 0.25) is 11.8 Å². The summed E-state index contributed by atoms with van der Waals surface area (Å²) in [7, 11) is 0. The third-order valence-corrected chi connectivity index (χ3v) is 4.84. The van der Waals surface area contributed by atoms with Crippen LogP contribution in [0.2, 0.25) is 0 Å². The van der Waals surface area contributed by atoms with Gasteiger partial charge in [0.05, 0.1) is 0 Å². The van der Waals surface area contributed by atoms with Crippen molar-refractivity contribution in [3.8, 4) is 0 Å². The van der Waals surface area contributed by atoms with Crippen LogP contribution in [-0.4, -0.2) is 30.9 Å². The van der Waals surface area contributed by atoms with E-state index in [2.05, 4.69) is 33.0 Å². The second-order valence-electron chi connectivity index (χ2n) is 7.21. The van der Waals surface area contributed by atoms with E-state index < -0.39 is 0 Å². The van der Waals surface area contributed by atoms with Gasteiger partial charge < -0.3 is 20.9 Å². The number of carbonyl (C=O) groups is 2. The van der Waals surface area contributed by atoms with E-state index in [1.54, 1.807) is 24.3 Å². The summed E-state index contributed by atoms with van der Waals surface area (Å²) in [6, 6.07) is 14.9. The molecule has 0 bridgehead atoms. The molecule has 1 fully saturated rings. The first-order valence-corrected chi connectivity index (χ1v) is 9.81. The van der Waals surface area contributed by atoms with Crippen molar-refractivity contribution in [3.05, 3.63) is 48.5 Å². The largest absolute Gasteiger partial charge is 0.374 e. The second-order valence-corrected chi connectivity index (χ2v) is 7.21. The number of anilines is 4. The molecule has 2 aromatic carbocycles. The Hall–Kier alpha value is -3.02. The molecule has 0 aromatic heterocycles. The van der Waals surface area contributed by atoms with Gasteiger partial charge in [-0.15, -0.1) is 0 Å². The topological polar surface area (TPSA) is 73.5 Å². The molecule has 0 radical (unpaired) electrons. The summed E-state index contributed by atoms with van der Waals surface area (Å²) in [4.78, 5) is 25.9. The second kappa shape index (κ2) is 9.26. The molecule has 2 amide bonds. The first-order chi connectivity index (χ1) is 13.5. The minimum Gasteiger partial charge on any atom is -0.374 e. The summed E-state index contributed by atoms with van der Waals surface area (Å²) in [5, 5.41) is 8.83. The maximum Gasteiger partial charge on any atom is 0.246 e. The molecule has 3 N–H and O–H groups in total. The van der Waals surface area contributed by atoms with E-state index in [9.17, 15) is 9.59 Å². The maximum absolute atomic E-state index is 12.4. The Morgan fingerprint density at radius 1 is 0.821 bits per heavy atom. The minimum absolute atomic E-state index is 0.118. The van der Waals surface area contributed by atoms with Crippen LogP contribution in [-0.2, 0) is 9.59 Å². The van der Waals surface area contributed by atoms with E-state index in [1.165, 1.54) is 31.9 Å². The SMILES string of the molecule is CC(=O)Nc1ccc(NC(=O)[C@@H](C)Nc2ccc(N3CCCCC3)cc2)cc1. The molecular weight excluding hydrogens is 352 g/mol. The molecule has 2 aromatic rings. The van der Waals surface area contributed by atoms with E-state index >= 15 is 0 Å². The summed E-state index contributed by atoms with van der Waals surface area (Å²) in [5.74, 6) is -0.242. The number of benzene rings is 2. The molecule has 1 atom stereocenters. The smallest absolute Gasteiger partial charge is 0.246 e. The van der Waals surface area contributed by atoms with Crippen molar-refractivity contribution in [3.63, 3.8) is 0 Å². The molecule has 0 spiro atoms. The Balaban J connectivity index is 1.52. The van der Waals surface area contributed by atoms with Crippen molar-refractivity contribution in [1.29, 1.82) is 0 Å². The highest BCUT2D eigenvalue weighted by Gasteiger charge is 2.14. The van der Waals surface area contributed by atoms with E-state index in [0.717, 1.165) is 18.8 Å². The summed E-state index contributed by atoms with van der Waals surface area (Å²) in [6.07, 6.45) is 3.82. The van der Waals surface area contributed by atoms with E-state index in [1.807, 2.05) is 19.1 Å². The standard InChI is InChI=1S/C22H28N4O2/c1-16(22(28)25-20-8-6-19(7-9-20)24-17(2)27)23-18-10-12-21(13-11-18)26-14-4-3-5-15-26/h6-13,16,23H,3-5,14-15H2,1-2H3,(H,24,27)(H,25,28)/t16-/m1/s1. The molecule has 6 nitrogen and oxygen atoms in total. The Kier molecular flexibility index (Phi) is 6.53. The van der Waals surface area contributed by atoms with Crippen molar-refractivity contribution in [2.75, 3.05) is 33.9 Å². The first-order valence-electron chi connectivity index (χ1n) is 9.81. The fourth-order valence-corrected chi connectivity index (χ4v) is 3.33. The maximum atomic E-state index is 12.4. The third-order valence-electron chi connectivity index (χ3n) is 4.84. The van der Waals surface area contributed by atoms with Crippen LogP contribution in [0.4, 0.5) is 22.7 Å². The van der Waals surface area contributed by atoms with Crippen LogP contribution >= 0.6 is 0 Å². The fraction of sp³-hybridized carbons (Fsp3) is 0.364. The van der Waals surface area contributed by atoms with E-state index in [-0.39, 0.29) is 17.9 Å². The Bertz CT molecular complexity index is 796. The fourth-order valence-electron chi connectivity index (χ4n) is 3.33. The van der Waals surface area contributed by atoms with E-state index in [0.29, 0.717) is 11.4 Å². The third kappa shape index (κ3) is 5.49. The van der Waals surface area contributed by atoms with Gasteiger partial charge in [-0.25, -0.2) is 0 Å². The zero-order chi connectivity index (χ0) is 19.9. The zero-order valence-electron chi connectivity index (χ0n) is 16.5. The predicted octanol–water partition coefficient (Wildman–Crippen LogP) is 4.07. The molecule has 0 aliphatic carbocycles. The first kappa shape index (κ1) is 19.7. The van der Waals surface area contributed by atoms with Crippen LogP contribution in [0.25, 0.3) is 0 Å². The van der Waals surface area contributed by atoms with Gasteiger partial charge in [0.1, 0.15) is 6.04 Å². The van der Waals surface area contributed by atoms with Gasteiger partial charge in [0.25, 0.3) is 0 Å². The normalized spacial score (nSPS) is 14.9. The molecule has 0 saturated carbocycles. The molecule has 0 unspecified atom stereocenters. The summed E-state index contributed by atoms with van der Waals surface area (Å²) in [5.41, 5.74) is 3.55. The van der Waals surface area contributed by atoms with Gasteiger partial charge >= 0.3 is 0 Å². The highest BCUT2D eigenvalue weighted by Crippen LogP contribution is 2.22. The van der Waals surface area contributed by atoms with Gasteiger partial charge in [-0.3, -0.25) is 9.59 Å². The lowest BCUT2D eigenvalue weighted by molar-refractivity contribution is -0.116. The molecule has 1 aliphatic heterocycles. The molecule has 148 valence electrons. The van der Waals surface area contributed by atoms with Crippen LogP contribution in [0, 0.1) is 0 Å². The molecule has 3 rings (SSSR count). The number of piperidine rings is 1. The van der Waals surface area contributed by atoms with Crippen molar-refractivity contribution in [2.45, 2.75) is 39.2 Å². The number of rotatable bonds is 6. The van der Waals surface area contributed by atoms with Gasteiger partial charge in [-0.2, -0.15) is 0 Å². The van der Waals surface area contributed by atoms with E-state index in [4.69, 9.17) is 0 Å². The zero-order valence-corrected chi connectivity index (χ0v) is 16.5. The van der Waals surface area contributed by atoms with Gasteiger partial charge in [-0.1, -0.05) is 0 Å². The summed E-state index contributed by atoms with van der Waals surface area (Å²) < 4.78 is 0. The van der Waals surface area contributed by atoms with Crippen LogP contribution < -0.4 is 20.9 Å². The highest BCUT2D eigenvalue weighted by atomic mass is 16.2. The summed E-state index contributed by atoms with van der Waals surface area (Å²) in [6.45, 7) is 5.53. The molecular formula is C22H28N4O2. The lowest BCUT2D eigenvalue weighted by Gasteiger charge is -2.29.